The van der Waals surface area contributed by atoms with Crippen molar-refractivity contribution in [3.8, 4) is 11.5 Å². The third-order valence-electron chi connectivity index (χ3n) is 9.63. The molecule has 52 heavy (non-hydrogen) atoms. The summed E-state index contributed by atoms with van der Waals surface area (Å²) in [6.07, 6.45) is 6.62. The first-order chi connectivity index (χ1) is 25.1. The van der Waals surface area contributed by atoms with Crippen molar-refractivity contribution in [2.24, 2.45) is 0 Å². The number of ether oxygens (including phenoxy) is 2. The van der Waals surface area contributed by atoms with Gasteiger partial charge < -0.3 is 29.9 Å². The lowest BCUT2D eigenvalue weighted by atomic mass is 10.1. The molecule has 0 aliphatic carbocycles. The zero-order valence-corrected chi connectivity index (χ0v) is 30.0. The van der Waals surface area contributed by atoms with E-state index in [4.69, 9.17) is 9.47 Å². The second kappa shape index (κ2) is 16.0. The summed E-state index contributed by atoms with van der Waals surface area (Å²) in [5.74, 6) is 0.143. The molecule has 4 aromatic carbocycles. The van der Waals surface area contributed by atoms with Crippen LogP contribution in [0.25, 0.3) is 12.2 Å². The maximum atomic E-state index is 13.4. The number of amides is 4. The minimum Gasteiger partial charge on any atom is -0.496 e. The quantitative estimate of drug-likeness (QED) is 0.173. The van der Waals surface area contributed by atoms with Gasteiger partial charge in [0.05, 0.1) is 25.3 Å². The van der Waals surface area contributed by atoms with Gasteiger partial charge in [-0.3, -0.25) is 19.2 Å². The molecule has 2 fully saturated rings. The topological polar surface area (TPSA) is 117 Å². The van der Waals surface area contributed by atoms with Gasteiger partial charge >= 0.3 is 0 Å². The number of rotatable bonds is 10. The number of carbonyl (C=O) groups is 4. The predicted octanol–water partition coefficient (Wildman–Crippen LogP) is 6.98. The second-order valence-corrected chi connectivity index (χ2v) is 13.3. The van der Waals surface area contributed by atoms with Crippen LogP contribution in [0, 0.1) is 13.8 Å². The summed E-state index contributed by atoms with van der Waals surface area (Å²) in [6.45, 7) is 4.86. The molecule has 6 rings (SSSR count). The molecule has 2 saturated heterocycles. The van der Waals surface area contributed by atoms with Crippen molar-refractivity contribution < 1.29 is 28.7 Å². The van der Waals surface area contributed by atoms with Gasteiger partial charge in [-0.1, -0.05) is 59.7 Å². The van der Waals surface area contributed by atoms with Crippen molar-refractivity contribution in [3.63, 3.8) is 0 Å². The fraction of sp³-hybridized carbons (Fsp3) is 0.286. The minimum atomic E-state index is -0.563. The Balaban J connectivity index is 1.03. The SMILES string of the molecule is COc1ccc(C)cc1C(=O)N1CCC[C@H]1C(=O)Nc1ccc(C=Cc2ccc(NC(=O)[C@@H]3CCCN3C(=O)c3cc(C)ccc3OC)cc2)cc1. The molecular weight excluding hydrogens is 656 g/mol. The Hall–Kier alpha value is -5.90. The van der Waals surface area contributed by atoms with E-state index in [9.17, 15) is 19.2 Å². The number of hydrogen-bond acceptors (Lipinski definition) is 6. The molecule has 0 saturated carbocycles. The van der Waals surface area contributed by atoms with Gasteiger partial charge in [-0.15, -0.1) is 0 Å². The van der Waals surface area contributed by atoms with Gasteiger partial charge in [-0.05, 0) is 99.2 Å². The molecule has 0 bridgehead atoms. The van der Waals surface area contributed by atoms with E-state index < -0.39 is 12.1 Å². The van der Waals surface area contributed by atoms with E-state index in [0.717, 1.165) is 35.1 Å². The highest BCUT2D eigenvalue weighted by Crippen LogP contribution is 2.29. The molecule has 2 atom stereocenters. The molecule has 2 N–H and O–H groups in total. The van der Waals surface area contributed by atoms with Crippen molar-refractivity contribution in [1.29, 1.82) is 0 Å². The number of benzene rings is 4. The van der Waals surface area contributed by atoms with Gasteiger partial charge in [0, 0.05) is 24.5 Å². The highest BCUT2D eigenvalue weighted by molar-refractivity contribution is 6.04. The Morgan fingerprint density at radius 3 is 1.35 bits per heavy atom. The lowest BCUT2D eigenvalue weighted by molar-refractivity contribution is -0.120. The third-order valence-corrected chi connectivity index (χ3v) is 9.63. The largest absolute Gasteiger partial charge is 0.496 e. The van der Waals surface area contributed by atoms with Crippen LogP contribution >= 0.6 is 0 Å². The van der Waals surface area contributed by atoms with E-state index in [0.29, 0.717) is 59.9 Å². The fourth-order valence-corrected chi connectivity index (χ4v) is 6.85. The Labute approximate surface area is 304 Å². The molecule has 10 heteroatoms. The van der Waals surface area contributed by atoms with Crippen molar-refractivity contribution in [2.75, 3.05) is 37.9 Å². The summed E-state index contributed by atoms with van der Waals surface area (Å²) >= 11 is 0. The number of nitrogens with one attached hydrogen (secondary N) is 2. The number of aryl methyl sites for hydroxylation is 2. The first-order valence-corrected chi connectivity index (χ1v) is 17.6. The van der Waals surface area contributed by atoms with Gasteiger partial charge in [-0.25, -0.2) is 0 Å². The fourth-order valence-electron chi connectivity index (χ4n) is 6.85. The second-order valence-electron chi connectivity index (χ2n) is 13.3. The number of anilines is 2. The third kappa shape index (κ3) is 8.01. The molecule has 0 unspecified atom stereocenters. The predicted molar refractivity (Wildman–Crippen MR) is 203 cm³/mol. The van der Waals surface area contributed by atoms with E-state index in [2.05, 4.69) is 10.6 Å². The average Bonchev–Trinajstić information content (AvgIpc) is 3.86. The van der Waals surface area contributed by atoms with Crippen LogP contribution < -0.4 is 20.1 Å². The minimum absolute atomic E-state index is 0.207. The van der Waals surface area contributed by atoms with Crippen LogP contribution in [0.1, 0.15) is 68.7 Å². The Morgan fingerprint density at radius 1 is 0.596 bits per heavy atom. The summed E-state index contributed by atoms with van der Waals surface area (Å²) in [4.78, 5) is 56.7. The summed E-state index contributed by atoms with van der Waals surface area (Å²) < 4.78 is 10.8. The van der Waals surface area contributed by atoms with Crippen molar-refractivity contribution in [2.45, 2.75) is 51.6 Å². The Bertz CT molecular complexity index is 1850. The highest BCUT2D eigenvalue weighted by atomic mass is 16.5. The van der Waals surface area contributed by atoms with E-state index in [-0.39, 0.29) is 23.6 Å². The highest BCUT2D eigenvalue weighted by Gasteiger charge is 2.37. The first-order valence-electron chi connectivity index (χ1n) is 17.6. The summed E-state index contributed by atoms with van der Waals surface area (Å²) in [5.41, 5.74) is 5.99. The molecule has 0 aromatic heterocycles. The first kappa shape index (κ1) is 35.9. The Morgan fingerprint density at radius 2 is 0.981 bits per heavy atom. The van der Waals surface area contributed by atoms with Crippen molar-refractivity contribution in [1.82, 2.24) is 9.80 Å². The van der Waals surface area contributed by atoms with Crippen LogP contribution in [0.2, 0.25) is 0 Å². The molecular formula is C42H44N4O6. The standard InChI is InChI=1S/C42H44N4O6/c1-27-9-21-37(51-3)33(25-27)41(49)45-23-5-7-35(45)39(47)43-31-17-13-29(14-18-31)11-12-30-15-19-32(20-16-30)44-40(48)36-8-6-24-46(36)42(50)34-26-28(2)10-22-38(34)52-4/h9-22,25-26,35-36H,5-8,23-24H2,1-4H3,(H,43,47)(H,44,48)/t35-,36-/m0/s1. The van der Waals surface area contributed by atoms with Crippen LogP contribution in [-0.2, 0) is 9.59 Å². The molecule has 0 spiro atoms. The summed E-state index contributed by atoms with van der Waals surface area (Å²) in [7, 11) is 3.07. The normalized spacial score (nSPS) is 16.9. The lowest BCUT2D eigenvalue weighted by Crippen LogP contribution is -2.43. The van der Waals surface area contributed by atoms with Gasteiger partial charge in [0.1, 0.15) is 23.6 Å². The zero-order valence-electron chi connectivity index (χ0n) is 30.0. The number of methoxy groups -OCH3 is 2. The lowest BCUT2D eigenvalue weighted by Gasteiger charge is -2.25. The molecule has 268 valence electrons. The van der Waals surface area contributed by atoms with E-state index in [1.165, 1.54) is 14.2 Å². The van der Waals surface area contributed by atoms with Gasteiger partial charge in [0.2, 0.25) is 11.8 Å². The number of carbonyl (C=O) groups excluding carboxylic acids is 4. The maximum absolute atomic E-state index is 13.4. The number of nitrogens with zero attached hydrogens (tertiary/aromatic N) is 2. The summed E-state index contributed by atoms with van der Waals surface area (Å²) in [5, 5.41) is 5.96. The molecule has 2 heterocycles. The molecule has 2 aliphatic rings. The van der Waals surface area contributed by atoms with Crippen LogP contribution in [0.15, 0.2) is 84.9 Å². The molecule has 2 aliphatic heterocycles. The van der Waals surface area contributed by atoms with Gasteiger partial charge in [-0.2, -0.15) is 0 Å². The summed E-state index contributed by atoms with van der Waals surface area (Å²) in [6, 6.07) is 24.8. The molecule has 0 radical (unpaired) electrons. The Kier molecular flexibility index (Phi) is 11.0. The zero-order chi connectivity index (χ0) is 36.8. The van der Waals surface area contributed by atoms with E-state index in [1.54, 1.807) is 34.1 Å². The van der Waals surface area contributed by atoms with Crippen LogP contribution in [-0.4, -0.2) is 72.8 Å². The molecule has 4 amide bonds. The van der Waals surface area contributed by atoms with E-state index >= 15 is 0 Å². The van der Waals surface area contributed by atoms with Crippen LogP contribution in [0.4, 0.5) is 11.4 Å². The van der Waals surface area contributed by atoms with Crippen molar-refractivity contribution in [3.05, 3.63) is 118 Å². The van der Waals surface area contributed by atoms with Gasteiger partial charge in [0.15, 0.2) is 0 Å². The van der Waals surface area contributed by atoms with Crippen molar-refractivity contribution >= 4 is 47.2 Å². The molecule has 4 aromatic rings. The molecule has 10 nitrogen and oxygen atoms in total. The smallest absolute Gasteiger partial charge is 0.258 e. The number of hydrogen-bond donors (Lipinski definition) is 2. The van der Waals surface area contributed by atoms with Gasteiger partial charge in [0.25, 0.3) is 11.8 Å². The van der Waals surface area contributed by atoms with E-state index in [1.807, 2.05) is 86.7 Å². The van der Waals surface area contributed by atoms with Crippen LogP contribution in [0.5, 0.6) is 11.5 Å². The van der Waals surface area contributed by atoms with Crippen LogP contribution in [0.3, 0.4) is 0 Å². The maximum Gasteiger partial charge on any atom is 0.258 e. The average molecular weight is 701 g/mol. The monoisotopic (exact) mass is 700 g/mol. The number of likely N-dealkylation sites (tertiary alicyclic amines) is 2.